The van der Waals surface area contributed by atoms with Crippen LogP contribution in [0.1, 0.15) is 36.8 Å². The molecule has 2 aliphatic heterocycles. The highest BCUT2D eigenvalue weighted by Gasteiger charge is 2.58. The molecule has 5 nitrogen and oxygen atoms in total. The first-order valence-electron chi connectivity index (χ1n) is 11.5. The van der Waals surface area contributed by atoms with Crippen LogP contribution in [-0.2, 0) is 23.8 Å². The van der Waals surface area contributed by atoms with Gasteiger partial charge in [0.15, 0.2) is 0 Å². The first-order valence-corrected chi connectivity index (χ1v) is 11.5. The quantitative estimate of drug-likeness (QED) is 0.621. The van der Waals surface area contributed by atoms with E-state index in [-0.39, 0.29) is 11.7 Å². The highest BCUT2D eigenvalue weighted by atomic mass is 19.1. The molecule has 0 unspecified atom stereocenters. The van der Waals surface area contributed by atoms with Crippen LogP contribution in [0.5, 0.6) is 0 Å². The van der Waals surface area contributed by atoms with Gasteiger partial charge in [-0.1, -0.05) is 43.2 Å². The van der Waals surface area contributed by atoms with Gasteiger partial charge in [0.2, 0.25) is 5.91 Å². The number of carbonyl (C=O) groups is 1. The number of aryl methyl sites for hydroxylation is 1. The van der Waals surface area contributed by atoms with E-state index in [1.807, 2.05) is 36.2 Å². The summed E-state index contributed by atoms with van der Waals surface area (Å²) in [6.45, 7) is 1.99. The molecule has 2 aromatic carbocycles. The SMILES string of the molecule is Cn1cc(-c2ccc(CN3C(=O)C4(CN(C5CCCC5)C4)c4ccccc43)cc2F)cn1. The molecule has 2 fully saturated rings. The van der Waals surface area contributed by atoms with Gasteiger partial charge in [-0.05, 0) is 36.1 Å². The topological polar surface area (TPSA) is 41.4 Å². The zero-order chi connectivity index (χ0) is 21.9. The molecule has 3 aromatic rings. The highest BCUT2D eigenvalue weighted by molar-refractivity contribution is 6.09. The second-order valence-corrected chi connectivity index (χ2v) is 9.55. The number of rotatable bonds is 4. The maximum absolute atomic E-state index is 14.9. The average molecular weight is 431 g/mol. The van der Waals surface area contributed by atoms with Gasteiger partial charge in [-0.15, -0.1) is 0 Å². The molecule has 0 atom stereocenters. The summed E-state index contributed by atoms with van der Waals surface area (Å²) in [6, 6.07) is 14.0. The molecular weight excluding hydrogens is 403 g/mol. The van der Waals surface area contributed by atoms with Crippen molar-refractivity contribution in [1.29, 1.82) is 0 Å². The van der Waals surface area contributed by atoms with Crippen LogP contribution in [0.25, 0.3) is 11.1 Å². The molecule has 6 heteroatoms. The molecule has 3 aliphatic rings. The van der Waals surface area contributed by atoms with Crippen molar-refractivity contribution in [2.75, 3.05) is 18.0 Å². The molecule has 1 spiro atoms. The standard InChI is InChI=1S/C26H27FN4O/c1-29-15-19(13-28-29)21-11-10-18(12-23(21)27)14-31-24-9-5-4-8-22(24)26(25(31)32)16-30(17-26)20-6-2-3-7-20/h4-5,8-13,15,20H,2-3,6-7,14,16-17H2,1H3. The lowest BCUT2D eigenvalue weighted by Gasteiger charge is -2.50. The number of hydrogen-bond donors (Lipinski definition) is 0. The van der Waals surface area contributed by atoms with E-state index in [0.717, 1.165) is 35.5 Å². The van der Waals surface area contributed by atoms with Crippen molar-refractivity contribution in [3.8, 4) is 11.1 Å². The number of carbonyl (C=O) groups excluding carboxylic acids is 1. The van der Waals surface area contributed by atoms with E-state index in [1.54, 1.807) is 29.2 Å². The molecule has 1 saturated carbocycles. The van der Waals surface area contributed by atoms with Crippen molar-refractivity contribution in [3.05, 3.63) is 71.8 Å². The Morgan fingerprint density at radius 1 is 1.12 bits per heavy atom. The van der Waals surface area contributed by atoms with Crippen LogP contribution in [0.2, 0.25) is 0 Å². The number of fused-ring (bicyclic) bond motifs is 2. The smallest absolute Gasteiger partial charge is 0.240 e. The number of amides is 1. The van der Waals surface area contributed by atoms with Crippen LogP contribution in [0.15, 0.2) is 54.9 Å². The van der Waals surface area contributed by atoms with E-state index in [9.17, 15) is 9.18 Å². The predicted octanol–water partition coefficient (Wildman–Crippen LogP) is 4.27. The maximum atomic E-state index is 14.9. The Kier molecular flexibility index (Phi) is 4.47. The molecule has 0 bridgehead atoms. The third kappa shape index (κ3) is 2.93. The Morgan fingerprint density at radius 2 is 1.91 bits per heavy atom. The number of likely N-dealkylation sites (tertiary alicyclic amines) is 1. The van der Waals surface area contributed by atoms with Gasteiger partial charge in [0.25, 0.3) is 0 Å². The number of aromatic nitrogens is 2. The first-order chi connectivity index (χ1) is 15.5. The predicted molar refractivity (Wildman–Crippen MR) is 122 cm³/mol. The number of benzene rings is 2. The van der Waals surface area contributed by atoms with Crippen molar-refractivity contribution in [1.82, 2.24) is 14.7 Å². The van der Waals surface area contributed by atoms with Crippen LogP contribution in [0.3, 0.4) is 0 Å². The lowest BCUT2D eigenvalue weighted by atomic mass is 9.73. The van der Waals surface area contributed by atoms with Gasteiger partial charge in [0.05, 0.1) is 12.7 Å². The Bertz CT molecular complexity index is 1190. The molecular formula is C26H27FN4O. The molecule has 1 aromatic heterocycles. The molecule has 0 radical (unpaired) electrons. The van der Waals surface area contributed by atoms with E-state index in [0.29, 0.717) is 18.2 Å². The summed E-state index contributed by atoms with van der Waals surface area (Å²) in [5, 5.41) is 4.13. The normalized spacial score (nSPS) is 20.2. The summed E-state index contributed by atoms with van der Waals surface area (Å²) in [5.41, 5.74) is 3.74. The summed E-state index contributed by atoms with van der Waals surface area (Å²) >= 11 is 0. The molecule has 1 aliphatic carbocycles. The van der Waals surface area contributed by atoms with E-state index < -0.39 is 5.41 Å². The Morgan fingerprint density at radius 3 is 2.62 bits per heavy atom. The summed E-state index contributed by atoms with van der Waals surface area (Å²) in [4.78, 5) is 18.1. The molecule has 1 amide bonds. The third-order valence-corrected chi connectivity index (χ3v) is 7.54. The van der Waals surface area contributed by atoms with Crippen LogP contribution < -0.4 is 4.90 Å². The van der Waals surface area contributed by atoms with Crippen molar-refractivity contribution in [2.45, 2.75) is 43.7 Å². The zero-order valence-corrected chi connectivity index (χ0v) is 18.3. The first kappa shape index (κ1) is 19.7. The van der Waals surface area contributed by atoms with Crippen LogP contribution in [0, 0.1) is 5.82 Å². The largest absolute Gasteiger partial charge is 0.307 e. The molecule has 32 heavy (non-hydrogen) atoms. The van der Waals surface area contributed by atoms with E-state index in [1.165, 1.54) is 25.7 Å². The Labute approximate surface area is 187 Å². The van der Waals surface area contributed by atoms with Gasteiger partial charge in [-0.3, -0.25) is 14.4 Å². The fourth-order valence-electron chi connectivity index (χ4n) is 5.87. The monoisotopic (exact) mass is 430 g/mol. The fourth-order valence-corrected chi connectivity index (χ4v) is 5.87. The van der Waals surface area contributed by atoms with E-state index in [2.05, 4.69) is 16.1 Å². The van der Waals surface area contributed by atoms with Gasteiger partial charge in [0, 0.05) is 49.2 Å². The molecule has 164 valence electrons. The summed E-state index contributed by atoms with van der Waals surface area (Å²) in [6.07, 6.45) is 8.55. The minimum absolute atomic E-state index is 0.157. The van der Waals surface area contributed by atoms with Crippen LogP contribution >= 0.6 is 0 Å². The maximum Gasteiger partial charge on any atom is 0.240 e. The summed E-state index contributed by atoms with van der Waals surface area (Å²) < 4.78 is 16.6. The second-order valence-electron chi connectivity index (χ2n) is 9.55. The van der Waals surface area contributed by atoms with Crippen molar-refractivity contribution in [3.63, 3.8) is 0 Å². The molecule has 3 heterocycles. The van der Waals surface area contributed by atoms with Crippen molar-refractivity contribution < 1.29 is 9.18 Å². The fraction of sp³-hybridized carbons (Fsp3) is 0.385. The zero-order valence-electron chi connectivity index (χ0n) is 18.3. The summed E-state index contributed by atoms with van der Waals surface area (Å²) in [5.74, 6) is -0.133. The summed E-state index contributed by atoms with van der Waals surface area (Å²) in [7, 11) is 1.82. The molecule has 1 saturated heterocycles. The third-order valence-electron chi connectivity index (χ3n) is 7.54. The van der Waals surface area contributed by atoms with Gasteiger partial charge in [-0.25, -0.2) is 4.39 Å². The van der Waals surface area contributed by atoms with Gasteiger partial charge < -0.3 is 4.90 Å². The highest BCUT2D eigenvalue weighted by Crippen LogP contribution is 2.49. The van der Waals surface area contributed by atoms with Crippen molar-refractivity contribution in [2.24, 2.45) is 7.05 Å². The Balaban J connectivity index is 1.27. The van der Waals surface area contributed by atoms with Crippen molar-refractivity contribution >= 4 is 11.6 Å². The van der Waals surface area contributed by atoms with Gasteiger partial charge in [-0.2, -0.15) is 5.10 Å². The number of para-hydroxylation sites is 1. The second kappa shape index (κ2) is 7.27. The van der Waals surface area contributed by atoms with Gasteiger partial charge >= 0.3 is 0 Å². The lowest BCUT2D eigenvalue weighted by Crippen LogP contribution is -2.65. The van der Waals surface area contributed by atoms with Gasteiger partial charge in [0.1, 0.15) is 11.2 Å². The van der Waals surface area contributed by atoms with E-state index in [4.69, 9.17) is 0 Å². The minimum Gasteiger partial charge on any atom is -0.307 e. The molecule has 0 N–H and O–H groups in total. The Hall–Kier alpha value is -2.99. The number of nitrogens with zero attached hydrogens (tertiary/aromatic N) is 4. The van der Waals surface area contributed by atoms with E-state index >= 15 is 0 Å². The molecule has 6 rings (SSSR count). The number of halogens is 1. The number of hydrogen-bond acceptors (Lipinski definition) is 3. The number of anilines is 1. The minimum atomic E-state index is -0.437. The average Bonchev–Trinajstić information content (AvgIpc) is 3.48. The van der Waals surface area contributed by atoms with Crippen LogP contribution in [0.4, 0.5) is 10.1 Å². The van der Waals surface area contributed by atoms with Crippen LogP contribution in [-0.4, -0.2) is 39.7 Å². The lowest BCUT2D eigenvalue weighted by molar-refractivity contribution is -0.130.